The van der Waals surface area contributed by atoms with Gasteiger partial charge < -0.3 is 19.5 Å². The van der Waals surface area contributed by atoms with Crippen LogP contribution in [0.15, 0.2) is 18.2 Å². The number of methoxy groups -OCH3 is 2. The molecular weight excluding hydrogens is 336 g/mol. The number of rotatable bonds is 9. The Morgan fingerprint density at radius 1 is 1.27 bits per heavy atom. The molecule has 2 rings (SSSR count). The monoisotopic (exact) mass is 360 g/mol. The minimum absolute atomic E-state index is 0.140. The first-order valence-electron chi connectivity index (χ1n) is 8.50. The van der Waals surface area contributed by atoms with Gasteiger partial charge in [-0.05, 0) is 49.8 Å². The first kappa shape index (κ1) is 19.6. The van der Waals surface area contributed by atoms with Crippen LogP contribution in [0.5, 0.6) is 11.5 Å². The lowest BCUT2D eigenvalue weighted by Gasteiger charge is -2.22. The van der Waals surface area contributed by atoms with Crippen LogP contribution in [0.3, 0.4) is 0 Å². The molecule has 1 atom stereocenters. The van der Waals surface area contributed by atoms with E-state index >= 15 is 0 Å². The minimum Gasteiger partial charge on any atom is -0.493 e. The summed E-state index contributed by atoms with van der Waals surface area (Å²) in [6, 6.07) is 7.54. The normalized spacial score (nSPS) is 15.3. The SMILES string of the molecule is COc1ccc(CCC(=O)OCC(=O)N[C@@](C)(C#N)C2CC2)cc1OC. The van der Waals surface area contributed by atoms with Gasteiger partial charge in [0.1, 0.15) is 5.54 Å². The second-order valence-electron chi connectivity index (χ2n) is 6.49. The molecule has 7 nitrogen and oxygen atoms in total. The Morgan fingerprint density at radius 3 is 2.54 bits per heavy atom. The number of aryl methyl sites for hydroxylation is 1. The number of carbonyl (C=O) groups is 2. The summed E-state index contributed by atoms with van der Waals surface area (Å²) in [5.74, 6) is 0.456. The van der Waals surface area contributed by atoms with Gasteiger partial charge in [0.25, 0.3) is 5.91 Å². The van der Waals surface area contributed by atoms with Crippen LogP contribution in [0.25, 0.3) is 0 Å². The number of nitriles is 1. The summed E-state index contributed by atoms with van der Waals surface area (Å²) in [5, 5.41) is 11.9. The number of benzene rings is 1. The third kappa shape index (κ3) is 5.12. The summed E-state index contributed by atoms with van der Waals surface area (Å²) >= 11 is 0. The molecule has 0 spiro atoms. The van der Waals surface area contributed by atoms with E-state index in [0.29, 0.717) is 17.9 Å². The molecular formula is C19H24N2O5. The largest absolute Gasteiger partial charge is 0.493 e. The first-order valence-corrected chi connectivity index (χ1v) is 8.50. The van der Waals surface area contributed by atoms with Crippen molar-refractivity contribution < 1.29 is 23.8 Å². The van der Waals surface area contributed by atoms with E-state index in [0.717, 1.165) is 18.4 Å². The average molecular weight is 360 g/mol. The van der Waals surface area contributed by atoms with Crippen molar-refractivity contribution >= 4 is 11.9 Å². The van der Waals surface area contributed by atoms with Crippen molar-refractivity contribution in [3.8, 4) is 17.6 Å². The van der Waals surface area contributed by atoms with E-state index in [2.05, 4.69) is 11.4 Å². The summed E-state index contributed by atoms with van der Waals surface area (Å²) in [7, 11) is 3.10. The summed E-state index contributed by atoms with van der Waals surface area (Å²) in [6.45, 7) is 1.32. The van der Waals surface area contributed by atoms with Crippen molar-refractivity contribution in [2.45, 2.75) is 38.1 Å². The molecule has 26 heavy (non-hydrogen) atoms. The Balaban J connectivity index is 1.77. The maximum atomic E-state index is 11.9. The second-order valence-corrected chi connectivity index (χ2v) is 6.49. The topological polar surface area (TPSA) is 97.6 Å². The maximum Gasteiger partial charge on any atom is 0.306 e. The van der Waals surface area contributed by atoms with Crippen molar-refractivity contribution in [2.24, 2.45) is 5.92 Å². The number of carbonyl (C=O) groups excluding carboxylic acids is 2. The Labute approximate surface area is 153 Å². The highest BCUT2D eigenvalue weighted by atomic mass is 16.5. The fourth-order valence-electron chi connectivity index (χ4n) is 2.71. The van der Waals surface area contributed by atoms with Crippen molar-refractivity contribution in [1.29, 1.82) is 5.26 Å². The van der Waals surface area contributed by atoms with Gasteiger partial charge in [-0.2, -0.15) is 5.26 Å². The lowest BCUT2D eigenvalue weighted by Crippen LogP contribution is -2.48. The molecule has 7 heteroatoms. The Morgan fingerprint density at radius 2 is 1.96 bits per heavy atom. The van der Waals surface area contributed by atoms with E-state index in [-0.39, 0.29) is 18.9 Å². The first-order chi connectivity index (χ1) is 12.4. The van der Waals surface area contributed by atoms with Gasteiger partial charge in [-0.3, -0.25) is 9.59 Å². The molecule has 0 unspecified atom stereocenters. The van der Waals surface area contributed by atoms with Crippen LogP contribution < -0.4 is 14.8 Å². The van der Waals surface area contributed by atoms with E-state index < -0.39 is 17.4 Å². The Bertz CT molecular complexity index is 708. The van der Waals surface area contributed by atoms with Crippen LogP contribution in [0.4, 0.5) is 0 Å². The fourth-order valence-corrected chi connectivity index (χ4v) is 2.71. The van der Waals surface area contributed by atoms with Crippen LogP contribution in [-0.2, 0) is 20.7 Å². The highest BCUT2D eigenvalue weighted by Crippen LogP contribution is 2.39. The van der Waals surface area contributed by atoms with Crippen molar-refractivity contribution in [3.05, 3.63) is 23.8 Å². The van der Waals surface area contributed by atoms with Crippen molar-refractivity contribution in [1.82, 2.24) is 5.32 Å². The molecule has 0 aromatic heterocycles. The standard InChI is InChI=1S/C19H24N2O5/c1-19(12-20,14-6-7-14)21-17(22)11-26-18(23)9-5-13-4-8-15(24-2)16(10-13)25-3/h4,8,10,14H,5-7,9,11H2,1-3H3,(H,21,22)/t19-/m0/s1. The van der Waals surface area contributed by atoms with Crippen LogP contribution in [0.2, 0.25) is 0 Å². The summed E-state index contributed by atoms with van der Waals surface area (Å²) in [5.41, 5.74) is 0.0122. The Hall–Kier alpha value is -2.75. The molecule has 1 saturated carbocycles. The number of esters is 1. The minimum atomic E-state index is -0.886. The molecule has 1 aliphatic carbocycles. The summed E-state index contributed by atoms with van der Waals surface area (Å²) in [6.07, 6.45) is 2.45. The number of nitrogens with zero attached hydrogens (tertiary/aromatic N) is 1. The maximum absolute atomic E-state index is 11.9. The number of ether oxygens (including phenoxy) is 3. The number of hydrogen-bond acceptors (Lipinski definition) is 6. The van der Waals surface area contributed by atoms with Crippen molar-refractivity contribution in [2.75, 3.05) is 20.8 Å². The van der Waals surface area contributed by atoms with E-state index in [9.17, 15) is 14.9 Å². The molecule has 1 aromatic carbocycles. The zero-order valence-corrected chi connectivity index (χ0v) is 15.3. The smallest absolute Gasteiger partial charge is 0.306 e. The third-order valence-electron chi connectivity index (χ3n) is 4.46. The average Bonchev–Trinajstić information content (AvgIpc) is 3.50. The molecule has 140 valence electrons. The molecule has 0 saturated heterocycles. The summed E-state index contributed by atoms with van der Waals surface area (Å²) < 4.78 is 15.4. The fraction of sp³-hybridized carbons (Fsp3) is 0.526. The van der Waals surface area contributed by atoms with Crippen LogP contribution >= 0.6 is 0 Å². The van der Waals surface area contributed by atoms with Gasteiger partial charge in [0.05, 0.1) is 20.3 Å². The molecule has 1 N–H and O–H groups in total. The van der Waals surface area contributed by atoms with Gasteiger partial charge in [-0.25, -0.2) is 0 Å². The van der Waals surface area contributed by atoms with E-state index in [1.807, 2.05) is 6.07 Å². The van der Waals surface area contributed by atoms with Gasteiger partial charge in [0.2, 0.25) is 0 Å². The summed E-state index contributed by atoms with van der Waals surface area (Å²) in [4.78, 5) is 23.8. The molecule has 0 radical (unpaired) electrons. The van der Waals surface area contributed by atoms with Crippen LogP contribution in [0, 0.1) is 17.2 Å². The molecule has 1 aromatic rings. The van der Waals surface area contributed by atoms with Gasteiger partial charge in [0, 0.05) is 6.42 Å². The van der Waals surface area contributed by atoms with Crippen LogP contribution in [-0.4, -0.2) is 38.2 Å². The molecule has 0 aliphatic heterocycles. The molecule has 1 fully saturated rings. The van der Waals surface area contributed by atoms with Crippen molar-refractivity contribution in [3.63, 3.8) is 0 Å². The number of amides is 1. The number of nitrogens with one attached hydrogen (secondary N) is 1. The van der Waals surface area contributed by atoms with Gasteiger partial charge in [-0.1, -0.05) is 6.07 Å². The predicted octanol–water partition coefficient (Wildman–Crippen LogP) is 1.99. The molecule has 1 amide bonds. The number of hydrogen-bond donors (Lipinski definition) is 1. The lowest BCUT2D eigenvalue weighted by atomic mass is 9.98. The van der Waals surface area contributed by atoms with Gasteiger partial charge in [-0.15, -0.1) is 0 Å². The van der Waals surface area contributed by atoms with E-state index in [1.165, 1.54) is 0 Å². The molecule has 0 bridgehead atoms. The van der Waals surface area contributed by atoms with Gasteiger partial charge >= 0.3 is 5.97 Å². The van der Waals surface area contributed by atoms with E-state index in [4.69, 9.17) is 14.2 Å². The highest BCUT2D eigenvalue weighted by Gasteiger charge is 2.43. The third-order valence-corrected chi connectivity index (χ3v) is 4.46. The molecule has 1 aliphatic rings. The predicted molar refractivity (Wildman–Crippen MR) is 93.7 cm³/mol. The van der Waals surface area contributed by atoms with Gasteiger partial charge in [0.15, 0.2) is 18.1 Å². The zero-order chi connectivity index (χ0) is 19.2. The quantitative estimate of drug-likeness (QED) is 0.676. The van der Waals surface area contributed by atoms with Crippen LogP contribution in [0.1, 0.15) is 31.7 Å². The zero-order valence-electron chi connectivity index (χ0n) is 15.3. The molecule has 0 heterocycles. The Kier molecular flexibility index (Phi) is 6.45. The highest BCUT2D eigenvalue weighted by molar-refractivity contribution is 5.81. The van der Waals surface area contributed by atoms with E-state index in [1.54, 1.807) is 33.3 Å². The second kappa shape index (κ2) is 8.56. The lowest BCUT2D eigenvalue weighted by molar-refractivity contribution is -0.148.